The summed E-state index contributed by atoms with van der Waals surface area (Å²) in [6, 6.07) is 8.73. The molecule has 0 atom stereocenters. The van der Waals surface area contributed by atoms with E-state index in [-0.39, 0.29) is 16.7 Å². The van der Waals surface area contributed by atoms with Crippen LogP contribution in [-0.2, 0) is 0 Å². The molecule has 2 aromatic rings. The fraction of sp³-hybridized carbons (Fsp3) is 0. The molecule has 0 amide bonds. The second kappa shape index (κ2) is 4.33. The van der Waals surface area contributed by atoms with Crippen molar-refractivity contribution in [3.8, 4) is 11.1 Å². The number of benzene rings is 2. The fourth-order valence-electron chi connectivity index (χ4n) is 1.55. The van der Waals surface area contributed by atoms with Gasteiger partial charge < -0.3 is 9.90 Å². The van der Waals surface area contributed by atoms with Crippen molar-refractivity contribution in [3.63, 3.8) is 0 Å². The maximum atomic E-state index is 13.4. The van der Waals surface area contributed by atoms with E-state index >= 15 is 0 Å². The van der Waals surface area contributed by atoms with E-state index in [1.165, 1.54) is 30.3 Å². The zero-order valence-corrected chi connectivity index (χ0v) is 8.61. The van der Waals surface area contributed by atoms with E-state index in [2.05, 4.69) is 0 Å². The van der Waals surface area contributed by atoms with E-state index in [1.807, 2.05) is 0 Å². The van der Waals surface area contributed by atoms with Gasteiger partial charge in [-0.15, -0.1) is 0 Å². The highest BCUT2D eigenvalue weighted by molar-refractivity contribution is 5.86. The minimum atomic E-state index is -1.33. The molecule has 0 unspecified atom stereocenters. The van der Waals surface area contributed by atoms with Crippen molar-refractivity contribution >= 4 is 5.97 Å². The second-order valence-electron chi connectivity index (χ2n) is 3.46. The summed E-state index contributed by atoms with van der Waals surface area (Å²) in [5.41, 5.74) is 0.0773. The molecule has 2 aromatic carbocycles. The van der Waals surface area contributed by atoms with Gasteiger partial charge in [-0.05, 0) is 23.3 Å². The molecule has 0 aliphatic rings. The highest BCUT2D eigenvalue weighted by Gasteiger charge is 2.10. The van der Waals surface area contributed by atoms with Crippen LogP contribution in [0.4, 0.5) is 8.78 Å². The van der Waals surface area contributed by atoms with E-state index in [0.29, 0.717) is 0 Å². The molecule has 0 saturated carbocycles. The van der Waals surface area contributed by atoms with Gasteiger partial charge in [0.2, 0.25) is 0 Å². The van der Waals surface area contributed by atoms with Gasteiger partial charge in [0.1, 0.15) is 11.6 Å². The second-order valence-corrected chi connectivity index (χ2v) is 3.46. The van der Waals surface area contributed by atoms with Crippen LogP contribution < -0.4 is 5.11 Å². The number of carbonyl (C=O) groups excluding carboxylic acids is 1. The monoisotopic (exact) mass is 233 g/mol. The molecule has 2 rings (SSSR count). The Hall–Kier alpha value is -2.23. The van der Waals surface area contributed by atoms with Crippen molar-refractivity contribution < 1.29 is 18.7 Å². The van der Waals surface area contributed by atoms with E-state index < -0.39 is 17.6 Å². The zero-order chi connectivity index (χ0) is 12.4. The highest BCUT2D eigenvalue weighted by Crippen LogP contribution is 2.25. The third kappa shape index (κ3) is 2.15. The molecule has 86 valence electrons. The Morgan fingerprint density at radius 1 is 0.941 bits per heavy atom. The van der Waals surface area contributed by atoms with Gasteiger partial charge >= 0.3 is 0 Å². The molecule has 0 aromatic heterocycles. The van der Waals surface area contributed by atoms with Gasteiger partial charge in [0.25, 0.3) is 0 Å². The van der Waals surface area contributed by atoms with Crippen molar-refractivity contribution in [2.24, 2.45) is 0 Å². The van der Waals surface area contributed by atoms with Crippen LogP contribution in [0.5, 0.6) is 0 Å². The van der Waals surface area contributed by atoms with Crippen molar-refractivity contribution in [1.29, 1.82) is 0 Å². The number of hydrogen-bond acceptors (Lipinski definition) is 2. The first kappa shape index (κ1) is 11.3. The van der Waals surface area contributed by atoms with Crippen molar-refractivity contribution in [2.45, 2.75) is 0 Å². The van der Waals surface area contributed by atoms with Gasteiger partial charge in [-0.2, -0.15) is 0 Å². The number of carboxylic acid groups (broad SMARTS) is 1. The summed E-state index contributed by atoms with van der Waals surface area (Å²) in [6.07, 6.45) is 0. The predicted octanol–water partition coefficient (Wildman–Crippen LogP) is 2.00. The standard InChI is InChI=1S/C13H8F2O2/c14-10-2-1-3-11(15)12(10)8-4-6-9(7-5-8)13(16)17/h1-7H,(H,16,17)/p-1. The molecule has 0 aliphatic heterocycles. The Labute approximate surface area is 96.1 Å². The highest BCUT2D eigenvalue weighted by atomic mass is 19.1. The number of carbonyl (C=O) groups is 1. The minimum Gasteiger partial charge on any atom is -0.545 e. The van der Waals surface area contributed by atoms with Crippen LogP contribution in [0.1, 0.15) is 10.4 Å². The van der Waals surface area contributed by atoms with Crippen LogP contribution in [0.3, 0.4) is 0 Å². The lowest BCUT2D eigenvalue weighted by molar-refractivity contribution is -0.255. The van der Waals surface area contributed by atoms with Crippen molar-refractivity contribution in [2.75, 3.05) is 0 Å². The van der Waals surface area contributed by atoms with Gasteiger partial charge in [-0.1, -0.05) is 30.3 Å². The smallest absolute Gasteiger partial charge is 0.133 e. The first-order chi connectivity index (χ1) is 8.09. The molecule has 0 saturated heterocycles. The molecule has 4 heteroatoms. The summed E-state index contributed by atoms with van der Waals surface area (Å²) in [4.78, 5) is 10.5. The van der Waals surface area contributed by atoms with Crippen LogP contribution in [0.2, 0.25) is 0 Å². The molecule has 0 fully saturated rings. The summed E-state index contributed by atoms with van der Waals surface area (Å²) in [7, 11) is 0. The lowest BCUT2D eigenvalue weighted by Crippen LogP contribution is -2.21. The molecule has 0 radical (unpaired) electrons. The van der Waals surface area contributed by atoms with E-state index in [1.54, 1.807) is 0 Å². The molecule has 0 heterocycles. The molecular formula is C13H7F2O2-. The van der Waals surface area contributed by atoms with Crippen LogP contribution in [0.15, 0.2) is 42.5 Å². The van der Waals surface area contributed by atoms with Crippen LogP contribution >= 0.6 is 0 Å². The lowest BCUT2D eigenvalue weighted by atomic mass is 10.0. The van der Waals surface area contributed by atoms with Crippen molar-refractivity contribution in [3.05, 3.63) is 59.7 Å². The molecule has 0 spiro atoms. The summed E-state index contributed by atoms with van der Waals surface area (Å²) in [5.74, 6) is -2.71. The van der Waals surface area contributed by atoms with Crippen molar-refractivity contribution in [1.82, 2.24) is 0 Å². The van der Waals surface area contributed by atoms with E-state index in [0.717, 1.165) is 12.1 Å². The molecule has 17 heavy (non-hydrogen) atoms. The Morgan fingerprint density at radius 2 is 1.47 bits per heavy atom. The average molecular weight is 233 g/mol. The Bertz CT molecular complexity index is 542. The van der Waals surface area contributed by atoms with Gasteiger partial charge in [0.05, 0.1) is 11.5 Å². The fourth-order valence-corrected chi connectivity index (χ4v) is 1.55. The minimum absolute atomic E-state index is 0.0366. The molecule has 0 aliphatic carbocycles. The number of aromatic carboxylic acids is 1. The largest absolute Gasteiger partial charge is 0.545 e. The molecule has 0 N–H and O–H groups in total. The van der Waals surface area contributed by atoms with E-state index in [9.17, 15) is 18.7 Å². The van der Waals surface area contributed by atoms with Crippen LogP contribution in [0, 0.1) is 11.6 Å². The summed E-state index contributed by atoms with van der Waals surface area (Å²) >= 11 is 0. The van der Waals surface area contributed by atoms with Gasteiger partial charge in [0.15, 0.2) is 0 Å². The van der Waals surface area contributed by atoms with Gasteiger partial charge in [0, 0.05) is 0 Å². The third-order valence-electron chi connectivity index (χ3n) is 2.37. The first-order valence-electron chi connectivity index (χ1n) is 4.85. The van der Waals surface area contributed by atoms with Crippen LogP contribution in [0.25, 0.3) is 11.1 Å². The Balaban J connectivity index is 2.50. The quantitative estimate of drug-likeness (QED) is 0.795. The Morgan fingerprint density at radius 3 is 1.94 bits per heavy atom. The van der Waals surface area contributed by atoms with Gasteiger partial charge in [-0.25, -0.2) is 8.78 Å². The van der Waals surface area contributed by atoms with E-state index in [4.69, 9.17) is 0 Å². The Kier molecular flexibility index (Phi) is 2.87. The summed E-state index contributed by atoms with van der Waals surface area (Å²) in [6.45, 7) is 0. The van der Waals surface area contributed by atoms with Crippen LogP contribution in [-0.4, -0.2) is 5.97 Å². The normalized spacial score (nSPS) is 10.2. The summed E-state index contributed by atoms with van der Waals surface area (Å²) in [5, 5.41) is 10.5. The average Bonchev–Trinajstić information content (AvgIpc) is 2.29. The third-order valence-corrected chi connectivity index (χ3v) is 2.37. The maximum Gasteiger partial charge on any atom is 0.133 e. The summed E-state index contributed by atoms with van der Waals surface area (Å²) < 4.78 is 26.9. The number of halogens is 2. The topological polar surface area (TPSA) is 40.1 Å². The number of hydrogen-bond donors (Lipinski definition) is 0. The first-order valence-corrected chi connectivity index (χ1v) is 4.85. The maximum absolute atomic E-state index is 13.4. The number of rotatable bonds is 2. The van der Waals surface area contributed by atoms with Gasteiger partial charge in [-0.3, -0.25) is 0 Å². The number of carboxylic acids is 1. The SMILES string of the molecule is O=C([O-])c1ccc(-c2c(F)cccc2F)cc1. The lowest BCUT2D eigenvalue weighted by Gasteiger charge is -2.07. The predicted molar refractivity (Wildman–Crippen MR) is 56.1 cm³/mol. The zero-order valence-electron chi connectivity index (χ0n) is 8.61. The molecule has 0 bridgehead atoms. The molecule has 2 nitrogen and oxygen atoms in total. The molecular weight excluding hydrogens is 226 g/mol.